The van der Waals surface area contributed by atoms with E-state index in [-0.39, 0.29) is 5.75 Å². The van der Waals surface area contributed by atoms with Crippen molar-refractivity contribution in [3.63, 3.8) is 0 Å². The predicted octanol–water partition coefficient (Wildman–Crippen LogP) is 3.24. The molecule has 1 heterocycles. The highest BCUT2D eigenvalue weighted by atomic mass is 16.3. The fraction of sp³-hybridized carbons (Fsp3) is 0. The van der Waals surface area contributed by atoms with Crippen molar-refractivity contribution < 1.29 is 5.11 Å². The SMILES string of the molecule is Oc1ccccc1-c1cnn(-c2ccccc2)c1. The molecule has 0 atom stereocenters. The second-order valence-corrected chi connectivity index (χ2v) is 4.03. The molecule has 3 nitrogen and oxygen atoms in total. The summed E-state index contributed by atoms with van der Waals surface area (Å²) in [5.74, 6) is 0.269. The Labute approximate surface area is 105 Å². The minimum Gasteiger partial charge on any atom is -0.507 e. The Morgan fingerprint density at radius 3 is 2.39 bits per heavy atom. The Morgan fingerprint density at radius 2 is 1.61 bits per heavy atom. The third kappa shape index (κ3) is 1.86. The van der Waals surface area contributed by atoms with Gasteiger partial charge in [-0.3, -0.25) is 0 Å². The molecule has 88 valence electrons. The second-order valence-electron chi connectivity index (χ2n) is 4.03. The minimum atomic E-state index is 0.269. The summed E-state index contributed by atoms with van der Waals surface area (Å²) < 4.78 is 1.79. The average molecular weight is 236 g/mol. The number of rotatable bonds is 2. The van der Waals surface area contributed by atoms with Crippen molar-refractivity contribution in [2.75, 3.05) is 0 Å². The van der Waals surface area contributed by atoms with Gasteiger partial charge >= 0.3 is 0 Å². The van der Waals surface area contributed by atoms with E-state index in [1.165, 1.54) is 0 Å². The molecule has 0 aliphatic rings. The summed E-state index contributed by atoms with van der Waals surface area (Å²) in [6, 6.07) is 17.1. The van der Waals surface area contributed by atoms with Crippen LogP contribution >= 0.6 is 0 Å². The molecule has 0 unspecified atom stereocenters. The number of benzene rings is 2. The molecule has 0 fully saturated rings. The van der Waals surface area contributed by atoms with Crippen LogP contribution in [0.4, 0.5) is 0 Å². The van der Waals surface area contributed by atoms with Crippen LogP contribution in [0.15, 0.2) is 67.0 Å². The molecule has 1 aromatic heterocycles. The second kappa shape index (κ2) is 4.37. The van der Waals surface area contributed by atoms with Crippen LogP contribution in [0.25, 0.3) is 16.8 Å². The first kappa shape index (κ1) is 10.6. The molecule has 1 N–H and O–H groups in total. The first-order valence-electron chi connectivity index (χ1n) is 5.73. The number of hydrogen-bond acceptors (Lipinski definition) is 2. The van der Waals surface area contributed by atoms with Crippen molar-refractivity contribution in [3.8, 4) is 22.6 Å². The van der Waals surface area contributed by atoms with E-state index in [9.17, 15) is 5.11 Å². The largest absolute Gasteiger partial charge is 0.507 e. The fourth-order valence-corrected chi connectivity index (χ4v) is 1.90. The molecule has 3 heteroatoms. The quantitative estimate of drug-likeness (QED) is 0.741. The van der Waals surface area contributed by atoms with E-state index in [4.69, 9.17) is 0 Å². The maximum Gasteiger partial charge on any atom is 0.123 e. The number of aromatic nitrogens is 2. The van der Waals surface area contributed by atoms with Crippen LogP contribution in [0.2, 0.25) is 0 Å². The van der Waals surface area contributed by atoms with Gasteiger partial charge in [0.05, 0.1) is 11.9 Å². The molecule has 3 aromatic rings. The van der Waals surface area contributed by atoms with E-state index in [2.05, 4.69) is 5.10 Å². The standard InChI is InChI=1S/C15H12N2O/c18-15-9-5-4-8-14(15)12-10-16-17(11-12)13-6-2-1-3-7-13/h1-11,18H. The Balaban J connectivity index is 2.03. The summed E-state index contributed by atoms with van der Waals surface area (Å²) >= 11 is 0. The smallest absolute Gasteiger partial charge is 0.123 e. The van der Waals surface area contributed by atoms with Crippen molar-refractivity contribution in [1.82, 2.24) is 9.78 Å². The summed E-state index contributed by atoms with van der Waals surface area (Å²) in [6.07, 6.45) is 3.66. The Morgan fingerprint density at radius 1 is 0.889 bits per heavy atom. The van der Waals surface area contributed by atoms with Gasteiger partial charge in [-0.05, 0) is 18.2 Å². The Hall–Kier alpha value is -2.55. The molecule has 0 saturated carbocycles. The lowest BCUT2D eigenvalue weighted by Crippen LogP contribution is -1.92. The van der Waals surface area contributed by atoms with Crippen LogP contribution < -0.4 is 0 Å². The molecule has 0 amide bonds. The van der Waals surface area contributed by atoms with Crippen molar-refractivity contribution in [1.29, 1.82) is 0 Å². The van der Waals surface area contributed by atoms with Gasteiger partial charge in [-0.15, -0.1) is 0 Å². The molecule has 0 aliphatic heterocycles. The van der Waals surface area contributed by atoms with Crippen LogP contribution in [0.1, 0.15) is 0 Å². The summed E-state index contributed by atoms with van der Waals surface area (Å²) in [5, 5.41) is 14.1. The third-order valence-corrected chi connectivity index (χ3v) is 2.82. The molecule has 18 heavy (non-hydrogen) atoms. The van der Waals surface area contributed by atoms with Gasteiger partial charge in [0.1, 0.15) is 5.75 Å². The van der Waals surface area contributed by atoms with Crippen molar-refractivity contribution in [3.05, 3.63) is 67.0 Å². The lowest BCUT2D eigenvalue weighted by molar-refractivity contribution is 0.477. The molecule has 0 radical (unpaired) electrons. The molecule has 0 spiro atoms. The Bertz CT molecular complexity index is 659. The van der Waals surface area contributed by atoms with E-state index in [1.54, 1.807) is 23.0 Å². The van der Waals surface area contributed by atoms with Crippen LogP contribution in [0.3, 0.4) is 0 Å². The van der Waals surface area contributed by atoms with Gasteiger partial charge in [0.25, 0.3) is 0 Å². The summed E-state index contributed by atoms with van der Waals surface area (Å²) in [6.45, 7) is 0. The van der Waals surface area contributed by atoms with Crippen LogP contribution in [0, 0.1) is 0 Å². The fourth-order valence-electron chi connectivity index (χ4n) is 1.90. The number of nitrogens with zero attached hydrogens (tertiary/aromatic N) is 2. The molecular weight excluding hydrogens is 224 g/mol. The van der Waals surface area contributed by atoms with Crippen LogP contribution in [-0.4, -0.2) is 14.9 Å². The third-order valence-electron chi connectivity index (χ3n) is 2.82. The van der Waals surface area contributed by atoms with Gasteiger partial charge < -0.3 is 5.11 Å². The van der Waals surface area contributed by atoms with Gasteiger partial charge in [-0.2, -0.15) is 5.10 Å². The molecular formula is C15H12N2O. The zero-order chi connectivity index (χ0) is 12.4. The van der Waals surface area contributed by atoms with E-state index in [0.717, 1.165) is 16.8 Å². The first-order valence-corrected chi connectivity index (χ1v) is 5.73. The maximum absolute atomic E-state index is 9.81. The zero-order valence-electron chi connectivity index (χ0n) is 9.69. The zero-order valence-corrected chi connectivity index (χ0v) is 9.69. The Kier molecular flexibility index (Phi) is 2.57. The van der Waals surface area contributed by atoms with Crippen molar-refractivity contribution >= 4 is 0 Å². The molecule has 0 bridgehead atoms. The van der Waals surface area contributed by atoms with Crippen LogP contribution in [0.5, 0.6) is 5.75 Å². The van der Waals surface area contributed by atoms with Gasteiger partial charge in [0.2, 0.25) is 0 Å². The highest BCUT2D eigenvalue weighted by Gasteiger charge is 2.06. The number of para-hydroxylation sites is 2. The lowest BCUT2D eigenvalue weighted by Gasteiger charge is -2.01. The van der Waals surface area contributed by atoms with E-state index >= 15 is 0 Å². The van der Waals surface area contributed by atoms with Gasteiger partial charge in [0, 0.05) is 17.3 Å². The number of aromatic hydroxyl groups is 1. The summed E-state index contributed by atoms with van der Waals surface area (Å²) in [5.41, 5.74) is 2.69. The van der Waals surface area contributed by atoms with Gasteiger partial charge in [0.15, 0.2) is 0 Å². The normalized spacial score (nSPS) is 10.4. The molecule has 0 aliphatic carbocycles. The van der Waals surface area contributed by atoms with Crippen LogP contribution in [-0.2, 0) is 0 Å². The highest BCUT2D eigenvalue weighted by Crippen LogP contribution is 2.28. The highest BCUT2D eigenvalue weighted by molar-refractivity contribution is 5.68. The monoisotopic (exact) mass is 236 g/mol. The first-order chi connectivity index (χ1) is 8.84. The van der Waals surface area contributed by atoms with E-state index in [0.29, 0.717) is 0 Å². The number of phenolic OH excluding ortho intramolecular Hbond substituents is 1. The molecule has 0 saturated heterocycles. The molecule has 2 aromatic carbocycles. The average Bonchev–Trinajstić information content (AvgIpc) is 2.90. The molecule has 3 rings (SSSR count). The predicted molar refractivity (Wildman–Crippen MR) is 70.7 cm³/mol. The number of phenols is 1. The van der Waals surface area contributed by atoms with Gasteiger partial charge in [-0.1, -0.05) is 36.4 Å². The van der Waals surface area contributed by atoms with Crippen molar-refractivity contribution in [2.24, 2.45) is 0 Å². The summed E-state index contributed by atoms with van der Waals surface area (Å²) in [4.78, 5) is 0. The van der Waals surface area contributed by atoms with Crippen molar-refractivity contribution in [2.45, 2.75) is 0 Å². The van der Waals surface area contributed by atoms with Gasteiger partial charge in [-0.25, -0.2) is 4.68 Å². The topological polar surface area (TPSA) is 38.1 Å². The lowest BCUT2D eigenvalue weighted by atomic mass is 10.1. The minimum absolute atomic E-state index is 0.269. The maximum atomic E-state index is 9.81. The van der Waals surface area contributed by atoms with E-state index in [1.807, 2.05) is 48.7 Å². The van der Waals surface area contributed by atoms with E-state index < -0.39 is 0 Å². The number of hydrogen-bond donors (Lipinski definition) is 1. The summed E-state index contributed by atoms with van der Waals surface area (Å²) in [7, 11) is 0.